The van der Waals surface area contributed by atoms with Crippen LogP contribution in [0.15, 0.2) is 102 Å². The summed E-state index contributed by atoms with van der Waals surface area (Å²) in [5, 5.41) is 9.31. The van der Waals surface area contributed by atoms with Crippen LogP contribution in [0.2, 0.25) is 0 Å². The van der Waals surface area contributed by atoms with Crippen molar-refractivity contribution in [2.75, 3.05) is 277 Å². The summed E-state index contributed by atoms with van der Waals surface area (Å²) in [6, 6.07) is 20.7. The van der Waals surface area contributed by atoms with E-state index in [0.29, 0.717) is 249 Å². The number of carbonyl (C=O) groups is 4. The molecule has 8 rings (SSSR count). The standard InChI is InChI=1S/C104H159N5O25S/c1-12-14-16-21-40-108-94-79-90-87(85-28-26-83(135(114,115)116)76-89(85)103(90,33-29-82(4)110)34-30-98(111)105-37-42-120-51-54-126-63-66-132-72-69-129-60-57-123-48-45-117-9)78-93(94)102(7,8)97(108)24-20-18-19-23-96-101(5,6)92-77-86-84-27-25-81(3)75-88(84)104(91(86)80-95(92)109(96)41-22-17-15-13-2,35-31-99(112)106-38-43-121-52-55-127-64-67-133-73-70-130-61-58-124-49-46-118-10)36-32-100(113)107-39-44-122-53-56-128-65-68-134-74-71-131-62-59-125-50-47-119-11/h18-20,23-28,75-80H,12-17,21-22,29-74H2,1-11H3,(H3-,105,106,107,111,112,113,114,115,116)/p+1. The van der Waals surface area contributed by atoms with E-state index in [4.69, 9.17) is 85.3 Å². The van der Waals surface area contributed by atoms with Gasteiger partial charge in [-0.3, -0.25) is 18.9 Å². The van der Waals surface area contributed by atoms with Gasteiger partial charge in [-0.05, 0) is 153 Å². The molecule has 2 aliphatic heterocycles. The number of benzene rings is 4. The summed E-state index contributed by atoms with van der Waals surface area (Å²) in [5.41, 5.74) is 12.7. The van der Waals surface area contributed by atoms with Gasteiger partial charge in [-0.1, -0.05) is 108 Å². The molecule has 1 unspecified atom stereocenters. The van der Waals surface area contributed by atoms with Crippen LogP contribution in [0.4, 0.5) is 11.4 Å². The summed E-state index contributed by atoms with van der Waals surface area (Å²) in [7, 11) is 0.242. The lowest BCUT2D eigenvalue weighted by molar-refractivity contribution is -0.438. The van der Waals surface area contributed by atoms with Gasteiger partial charge in [0.05, 0.1) is 228 Å². The lowest BCUT2D eigenvalue weighted by Gasteiger charge is -2.33. The van der Waals surface area contributed by atoms with Gasteiger partial charge in [0, 0.05) is 125 Å². The second-order valence-corrected chi connectivity index (χ2v) is 36.9. The first kappa shape index (κ1) is 113. The van der Waals surface area contributed by atoms with Gasteiger partial charge in [-0.25, -0.2) is 0 Å². The van der Waals surface area contributed by atoms with Crippen LogP contribution in [-0.2, 0) is 136 Å². The minimum atomic E-state index is -4.66. The topological polar surface area (TPSA) is 331 Å². The maximum atomic E-state index is 14.3. The van der Waals surface area contributed by atoms with E-state index in [1.807, 2.05) is 0 Å². The summed E-state index contributed by atoms with van der Waals surface area (Å²) in [5.74, 6) is -0.486. The molecule has 4 aromatic rings. The van der Waals surface area contributed by atoms with Crippen molar-refractivity contribution in [1.29, 1.82) is 0 Å². The van der Waals surface area contributed by atoms with Gasteiger partial charge in [-0.15, -0.1) is 0 Å². The lowest BCUT2D eigenvalue weighted by Crippen LogP contribution is -2.34. The smallest absolute Gasteiger partial charge is 0.294 e. The van der Waals surface area contributed by atoms with Crippen molar-refractivity contribution in [3.8, 4) is 22.3 Å². The molecule has 1 atom stereocenters. The zero-order valence-electron chi connectivity index (χ0n) is 82.9. The van der Waals surface area contributed by atoms with E-state index in [1.165, 1.54) is 11.6 Å². The molecule has 3 amide bonds. The highest BCUT2D eigenvalue weighted by atomic mass is 32.2. The van der Waals surface area contributed by atoms with E-state index < -0.39 is 31.8 Å². The number of carbonyl (C=O) groups excluding carboxylic acids is 4. The molecule has 0 spiro atoms. The Morgan fingerprint density at radius 2 is 0.756 bits per heavy atom. The predicted molar refractivity (Wildman–Crippen MR) is 522 cm³/mol. The van der Waals surface area contributed by atoms with Crippen LogP contribution in [-0.4, -0.2) is 319 Å². The second kappa shape index (κ2) is 62.8. The molecule has 31 heteroatoms. The monoisotopic (exact) mass is 1910 g/mol. The van der Waals surface area contributed by atoms with Gasteiger partial charge in [0.15, 0.2) is 5.71 Å². The van der Waals surface area contributed by atoms with E-state index >= 15 is 0 Å². The van der Waals surface area contributed by atoms with Gasteiger partial charge < -0.3 is 111 Å². The SMILES string of the molecule is CCCCCCN1\C(=C/C=C/C=C/C2=[N+](CCCCCC)c3cc4c(cc3C2(C)C)-c2ccc(C)cc2C4(CCC(=O)NCCOCCOCCOCCOCCOCCOC)CCC(=O)NCCOCCOCCOCCOCCOCCOC)C(C)(C)c2cc3c(cc21)C(CCC(C)=O)(CCC(=O)NCCOCCOCCOCCOCCOCCOC)c1cc(S(=O)(=O)O)ccc1-3. The zero-order valence-corrected chi connectivity index (χ0v) is 83.7. The normalized spacial score (nSPS) is 15.8. The number of hydrogen-bond acceptors (Lipinski definition) is 25. The number of ketones is 1. The summed E-state index contributed by atoms with van der Waals surface area (Å²) < 4.78 is 139. The second-order valence-electron chi connectivity index (χ2n) is 35.5. The largest absolute Gasteiger partial charge is 0.382 e. The van der Waals surface area contributed by atoms with Crippen molar-refractivity contribution < 1.29 is 122 Å². The maximum Gasteiger partial charge on any atom is 0.294 e. The van der Waals surface area contributed by atoms with E-state index in [2.05, 4.69) is 147 Å². The number of ether oxygens (including phenoxy) is 18. The minimum absolute atomic E-state index is 0.0457. The number of nitrogens with one attached hydrogen (secondary N) is 3. The Morgan fingerprint density at radius 3 is 1.16 bits per heavy atom. The third-order valence-corrected chi connectivity index (χ3v) is 25.9. The molecule has 2 aliphatic carbocycles. The van der Waals surface area contributed by atoms with Crippen molar-refractivity contribution in [1.82, 2.24) is 16.0 Å². The Hall–Kier alpha value is -7.16. The summed E-state index contributed by atoms with van der Waals surface area (Å²) >= 11 is 0. The molecule has 4 N–H and O–H groups in total. The molecule has 135 heavy (non-hydrogen) atoms. The fourth-order valence-corrected chi connectivity index (χ4v) is 18.4. The maximum absolute atomic E-state index is 14.3. The number of unbranched alkanes of at least 4 members (excludes halogenated alkanes) is 6. The van der Waals surface area contributed by atoms with Gasteiger partial charge in [0.1, 0.15) is 12.3 Å². The number of hydrogen-bond donors (Lipinski definition) is 4. The highest BCUT2D eigenvalue weighted by molar-refractivity contribution is 7.85. The Bertz CT molecular complexity index is 4380. The average Bonchev–Trinajstić information content (AvgIpc) is 1.54. The number of Topliss-reactive ketones (excluding diaryl/α,β-unsaturated/α-hetero) is 1. The zero-order chi connectivity index (χ0) is 96.8. The third kappa shape index (κ3) is 36.5. The molecule has 0 saturated heterocycles. The van der Waals surface area contributed by atoms with Gasteiger partial charge in [-0.2, -0.15) is 13.0 Å². The van der Waals surface area contributed by atoms with Crippen LogP contribution in [0.25, 0.3) is 22.3 Å². The number of amides is 3. The molecule has 4 aliphatic rings. The van der Waals surface area contributed by atoms with Crippen LogP contribution in [0.3, 0.4) is 0 Å². The number of nitrogens with zero attached hydrogens (tertiary/aromatic N) is 2. The van der Waals surface area contributed by atoms with Crippen LogP contribution in [0, 0.1) is 6.92 Å². The lowest BCUT2D eigenvalue weighted by atomic mass is 9.70. The number of methoxy groups -OCH3 is 3. The highest BCUT2D eigenvalue weighted by Gasteiger charge is 2.52. The van der Waals surface area contributed by atoms with Gasteiger partial charge in [0.25, 0.3) is 10.1 Å². The van der Waals surface area contributed by atoms with E-state index in [9.17, 15) is 32.1 Å². The molecule has 0 radical (unpaired) electrons. The summed E-state index contributed by atoms with van der Waals surface area (Å²) in [4.78, 5) is 58.2. The first-order valence-electron chi connectivity index (χ1n) is 49.1. The summed E-state index contributed by atoms with van der Waals surface area (Å²) in [6.45, 7) is 33.9. The number of fused-ring (bicyclic) bond motifs is 8. The van der Waals surface area contributed by atoms with Crippen molar-refractivity contribution in [3.05, 3.63) is 136 Å². The molecular formula is C104H160N5O25S+. The summed E-state index contributed by atoms with van der Waals surface area (Å²) in [6.07, 6.45) is 21.3. The number of allylic oxidation sites excluding steroid dienone is 6. The van der Waals surface area contributed by atoms with Crippen LogP contribution < -0.4 is 20.9 Å². The van der Waals surface area contributed by atoms with Crippen molar-refractivity contribution >= 4 is 50.7 Å². The molecule has 0 saturated carbocycles. The first-order chi connectivity index (χ1) is 65.5. The van der Waals surface area contributed by atoms with Crippen molar-refractivity contribution in [2.24, 2.45) is 0 Å². The molecule has 30 nitrogen and oxygen atoms in total. The number of rotatable bonds is 80. The molecule has 756 valence electrons. The van der Waals surface area contributed by atoms with Crippen molar-refractivity contribution in [3.63, 3.8) is 0 Å². The Labute approximate surface area is 804 Å². The molecule has 4 aromatic carbocycles. The Morgan fingerprint density at radius 1 is 0.393 bits per heavy atom. The Kier molecular flexibility index (Phi) is 52.6. The Balaban J connectivity index is 1.01. The minimum Gasteiger partial charge on any atom is -0.382 e. The number of anilines is 1. The fraction of sp³-hybridized carbons (Fsp3) is 0.663. The highest BCUT2D eigenvalue weighted by Crippen LogP contribution is 2.61. The molecule has 0 fully saturated rings. The first-order valence-corrected chi connectivity index (χ1v) is 50.5. The van der Waals surface area contributed by atoms with Gasteiger partial charge in [0.2, 0.25) is 23.4 Å². The molecule has 0 bridgehead atoms. The molecular weight excluding hydrogens is 1750 g/mol. The van der Waals surface area contributed by atoms with Crippen LogP contribution >= 0.6 is 0 Å². The van der Waals surface area contributed by atoms with E-state index in [-0.39, 0.29) is 73.7 Å². The predicted octanol–water partition coefficient (Wildman–Crippen LogP) is 13.4. The van der Waals surface area contributed by atoms with Crippen molar-refractivity contribution in [2.45, 2.75) is 185 Å². The van der Waals surface area contributed by atoms with Crippen LogP contribution in [0.1, 0.15) is 190 Å². The van der Waals surface area contributed by atoms with Crippen LogP contribution in [0.5, 0.6) is 0 Å². The third-order valence-electron chi connectivity index (χ3n) is 25.1. The van der Waals surface area contributed by atoms with E-state index in [0.717, 1.165) is 137 Å². The fourth-order valence-electron chi connectivity index (χ4n) is 17.9. The molecule has 2 heterocycles. The molecule has 0 aromatic heterocycles. The van der Waals surface area contributed by atoms with Gasteiger partial charge >= 0.3 is 0 Å². The average molecular weight is 1910 g/mol. The van der Waals surface area contributed by atoms with E-state index in [1.54, 1.807) is 40.4 Å². The number of aryl methyl sites for hydroxylation is 1. The quantitative estimate of drug-likeness (QED) is 0.0138.